The number of likely N-dealkylation sites (tertiary alicyclic amines) is 1. The SMILES string of the molecule is Cc1nc(CN(C)[C@@H]2CCCN(C(=O)c3cc(Cl)c[nH]3)CC2)no1. The fourth-order valence-electron chi connectivity index (χ4n) is 3.14. The minimum atomic E-state index is 0.0130. The molecule has 1 amide bonds. The lowest BCUT2D eigenvalue weighted by Crippen LogP contribution is -2.35. The van der Waals surface area contributed by atoms with Gasteiger partial charge in [-0.15, -0.1) is 0 Å². The Morgan fingerprint density at radius 3 is 3.00 bits per heavy atom. The fourth-order valence-corrected chi connectivity index (χ4v) is 3.31. The number of nitrogens with one attached hydrogen (secondary N) is 1. The number of aromatic amines is 1. The van der Waals surface area contributed by atoms with Gasteiger partial charge in [0, 0.05) is 32.3 Å². The molecule has 0 aromatic carbocycles. The lowest BCUT2D eigenvalue weighted by atomic mass is 10.1. The molecule has 1 N–H and O–H groups in total. The van der Waals surface area contributed by atoms with Crippen LogP contribution in [0.5, 0.6) is 0 Å². The van der Waals surface area contributed by atoms with Crippen molar-refractivity contribution >= 4 is 17.5 Å². The molecule has 1 fully saturated rings. The van der Waals surface area contributed by atoms with Gasteiger partial charge in [0.1, 0.15) is 5.69 Å². The number of aromatic nitrogens is 3. The van der Waals surface area contributed by atoms with Crippen LogP contribution in [0, 0.1) is 6.92 Å². The Hall–Kier alpha value is -1.86. The minimum Gasteiger partial charge on any atom is -0.356 e. The summed E-state index contributed by atoms with van der Waals surface area (Å²) in [5.41, 5.74) is 0.550. The fraction of sp³-hybridized carbons (Fsp3) is 0.562. The number of carbonyl (C=O) groups is 1. The van der Waals surface area contributed by atoms with Crippen LogP contribution in [-0.4, -0.2) is 57.0 Å². The Balaban J connectivity index is 1.57. The largest absolute Gasteiger partial charge is 0.356 e. The minimum absolute atomic E-state index is 0.0130. The van der Waals surface area contributed by atoms with E-state index in [1.165, 1.54) is 0 Å². The first-order chi connectivity index (χ1) is 11.5. The second kappa shape index (κ2) is 7.36. The molecule has 0 saturated carbocycles. The van der Waals surface area contributed by atoms with Crippen molar-refractivity contribution < 1.29 is 9.32 Å². The molecule has 0 radical (unpaired) electrons. The van der Waals surface area contributed by atoms with Crippen molar-refractivity contribution in [3.8, 4) is 0 Å². The Kier molecular flexibility index (Phi) is 5.20. The molecular weight excluding hydrogens is 330 g/mol. The predicted molar refractivity (Wildman–Crippen MR) is 89.8 cm³/mol. The molecule has 0 spiro atoms. The van der Waals surface area contributed by atoms with Crippen molar-refractivity contribution in [3.63, 3.8) is 0 Å². The Morgan fingerprint density at radius 1 is 1.50 bits per heavy atom. The molecular formula is C16H22ClN5O2. The number of hydrogen-bond acceptors (Lipinski definition) is 5. The van der Waals surface area contributed by atoms with Gasteiger partial charge in [-0.3, -0.25) is 9.69 Å². The Morgan fingerprint density at radius 2 is 2.33 bits per heavy atom. The molecule has 0 aliphatic carbocycles. The summed E-state index contributed by atoms with van der Waals surface area (Å²) in [6.07, 6.45) is 4.58. The standard InChI is InChI=1S/C16H22ClN5O2/c1-11-19-15(20-24-11)10-21(2)13-4-3-6-22(7-5-13)16(23)14-8-12(17)9-18-14/h8-9,13,18H,3-7,10H2,1-2H3/t13-/m1/s1. The van der Waals surface area contributed by atoms with Crippen LogP contribution in [0.1, 0.15) is 41.5 Å². The molecule has 2 aromatic rings. The maximum atomic E-state index is 12.5. The van der Waals surface area contributed by atoms with Crippen molar-refractivity contribution in [1.82, 2.24) is 24.9 Å². The van der Waals surface area contributed by atoms with Crippen LogP contribution >= 0.6 is 11.6 Å². The highest BCUT2D eigenvalue weighted by Crippen LogP contribution is 2.19. The van der Waals surface area contributed by atoms with Crippen LogP contribution in [0.15, 0.2) is 16.8 Å². The second-order valence-corrected chi connectivity index (χ2v) is 6.69. The topological polar surface area (TPSA) is 78.3 Å². The summed E-state index contributed by atoms with van der Waals surface area (Å²) in [5.74, 6) is 1.30. The highest BCUT2D eigenvalue weighted by Gasteiger charge is 2.25. The molecule has 1 aliphatic rings. The monoisotopic (exact) mass is 351 g/mol. The van der Waals surface area contributed by atoms with Crippen molar-refractivity contribution in [3.05, 3.63) is 34.7 Å². The molecule has 1 aliphatic heterocycles. The molecule has 2 aromatic heterocycles. The van der Waals surface area contributed by atoms with Gasteiger partial charge >= 0.3 is 0 Å². The summed E-state index contributed by atoms with van der Waals surface area (Å²) in [6, 6.07) is 2.07. The number of amides is 1. The molecule has 3 heterocycles. The first-order valence-corrected chi connectivity index (χ1v) is 8.53. The summed E-state index contributed by atoms with van der Waals surface area (Å²) in [5, 5.41) is 4.51. The third kappa shape index (κ3) is 3.96. The van der Waals surface area contributed by atoms with E-state index >= 15 is 0 Å². The summed E-state index contributed by atoms with van der Waals surface area (Å²) in [6.45, 7) is 3.94. The Bertz CT molecular complexity index is 698. The smallest absolute Gasteiger partial charge is 0.270 e. The molecule has 0 unspecified atom stereocenters. The molecule has 24 heavy (non-hydrogen) atoms. The number of nitrogens with zero attached hydrogens (tertiary/aromatic N) is 4. The van der Waals surface area contributed by atoms with Gasteiger partial charge in [-0.1, -0.05) is 16.8 Å². The zero-order chi connectivity index (χ0) is 17.1. The Labute approximate surface area is 146 Å². The van der Waals surface area contributed by atoms with Crippen LogP contribution in [0.3, 0.4) is 0 Å². The number of H-pyrrole nitrogens is 1. The van der Waals surface area contributed by atoms with E-state index in [9.17, 15) is 4.79 Å². The van der Waals surface area contributed by atoms with E-state index in [2.05, 4.69) is 27.1 Å². The van der Waals surface area contributed by atoms with Crippen molar-refractivity contribution in [2.45, 2.75) is 38.8 Å². The first kappa shape index (κ1) is 17.0. The van der Waals surface area contributed by atoms with Gasteiger partial charge in [-0.25, -0.2) is 0 Å². The van der Waals surface area contributed by atoms with Gasteiger partial charge in [0.2, 0.25) is 5.89 Å². The van der Waals surface area contributed by atoms with E-state index in [4.69, 9.17) is 16.1 Å². The molecule has 7 nitrogen and oxygen atoms in total. The number of carbonyl (C=O) groups excluding carboxylic acids is 1. The summed E-state index contributed by atoms with van der Waals surface area (Å²) >= 11 is 5.89. The van der Waals surface area contributed by atoms with Gasteiger partial charge in [-0.2, -0.15) is 4.98 Å². The van der Waals surface area contributed by atoms with Gasteiger partial charge in [-0.05, 0) is 32.4 Å². The average molecular weight is 352 g/mol. The second-order valence-electron chi connectivity index (χ2n) is 6.25. The molecule has 0 bridgehead atoms. The average Bonchev–Trinajstić information content (AvgIpc) is 3.07. The van der Waals surface area contributed by atoms with E-state index in [0.29, 0.717) is 35.0 Å². The van der Waals surface area contributed by atoms with Gasteiger partial charge in [0.05, 0.1) is 11.6 Å². The normalized spacial score (nSPS) is 18.8. The number of hydrogen-bond donors (Lipinski definition) is 1. The quantitative estimate of drug-likeness (QED) is 0.915. The highest BCUT2D eigenvalue weighted by atomic mass is 35.5. The van der Waals surface area contributed by atoms with Crippen molar-refractivity contribution in [2.75, 3.05) is 20.1 Å². The first-order valence-electron chi connectivity index (χ1n) is 8.15. The van der Waals surface area contributed by atoms with E-state index in [-0.39, 0.29) is 5.91 Å². The van der Waals surface area contributed by atoms with E-state index in [1.807, 2.05) is 4.90 Å². The van der Waals surface area contributed by atoms with E-state index < -0.39 is 0 Å². The van der Waals surface area contributed by atoms with Crippen molar-refractivity contribution in [2.24, 2.45) is 0 Å². The van der Waals surface area contributed by atoms with Crippen LogP contribution < -0.4 is 0 Å². The van der Waals surface area contributed by atoms with Crippen molar-refractivity contribution in [1.29, 1.82) is 0 Å². The lowest BCUT2D eigenvalue weighted by molar-refractivity contribution is 0.0752. The zero-order valence-electron chi connectivity index (χ0n) is 14.0. The number of rotatable bonds is 4. The summed E-state index contributed by atoms with van der Waals surface area (Å²) in [7, 11) is 2.07. The molecule has 8 heteroatoms. The molecule has 130 valence electrons. The maximum absolute atomic E-state index is 12.5. The van der Waals surface area contributed by atoms with Crippen LogP contribution in [0.25, 0.3) is 0 Å². The third-order valence-electron chi connectivity index (χ3n) is 4.45. The van der Waals surface area contributed by atoms with Gasteiger partial charge in [0.15, 0.2) is 5.82 Å². The van der Waals surface area contributed by atoms with Gasteiger partial charge < -0.3 is 14.4 Å². The molecule has 1 atom stereocenters. The summed E-state index contributed by atoms with van der Waals surface area (Å²) in [4.78, 5) is 23.8. The van der Waals surface area contributed by atoms with E-state index in [0.717, 1.165) is 32.4 Å². The maximum Gasteiger partial charge on any atom is 0.270 e. The van der Waals surface area contributed by atoms with Crippen LogP contribution in [-0.2, 0) is 6.54 Å². The molecule has 3 rings (SSSR count). The van der Waals surface area contributed by atoms with Gasteiger partial charge in [0.25, 0.3) is 5.91 Å². The summed E-state index contributed by atoms with van der Waals surface area (Å²) < 4.78 is 5.02. The third-order valence-corrected chi connectivity index (χ3v) is 4.67. The zero-order valence-corrected chi connectivity index (χ0v) is 14.7. The van der Waals surface area contributed by atoms with Crippen LogP contribution in [0.4, 0.5) is 0 Å². The number of halogens is 1. The van der Waals surface area contributed by atoms with Crippen LogP contribution in [0.2, 0.25) is 5.02 Å². The predicted octanol–water partition coefficient (Wildman–Crippen LogP) is 2.49. The molecule has 1 saturated heterocycles. The lowest BCUT2D eigenvalue weighted by Gasteiger charge is -2.26. The van der Waals surface area contributed by atoms with E-state index in [1.54, 1.807) is 19.2 Å². The highest BCUT2D eigenvalue weighted by molar-refractivity contribution is 6.30. The number of aryl methyl sites for hydroxylation is 1.